The first-order valence-corrected chi connectivity index (χ1v) is 10.1. The molecule has 1 aliphatic rings. The lowest BCUT2D eigenvalue weighted by atomic mass is 9.89. The number of ketones is 1. The Morgan fingerprint density at radius 3 is 2.73 bits per heavy atom. The van der Waals surface area contributed by atoms with Crippen LogP contribution in [0.4, 0.5) is 13.2 Å². The van der Waals surface area contributed by atoms with Crippen LogP contribution in [-0.4, -0.2) is 35.5 Å². The number of halogens is 3. The molecule has 4 nitrogen and oxygen atoms in total. The molecule has 0 saturated carbocycles. The lowest BCUT2D eigenvalue weighted by Gasteiger charge is -2.32. The number of likely N-dealkylation sites (tertiary alicyclic amines) is 1. The number of ether oxygens (including phenoxy) is 1. The molecule has 1 heterocycles. The van der Waals surface area contributed by atoms with Crippen LogP contribution in [0.1, 0.15) is 46.8 Å². The second-order valence-electron chi connectivity index (χ2n) is 7.55. The fraction of sp³-hybridized carbons (Fsp3) is 0.435. The van der Waals surface area contributed by atoms with Crippen LogP contribution in [0.3, 0.4) is 0 Å². The summed E-state index contributed by atoms with van der Waals surface area (Å²) in [4.78, 5) is 15.0. The Bertz CT molecular complexity index is 882. The molecule has 2 aromatic carbocycles. The summed E-state index contributed by atoms with van der Waals surface area (Å²) in [7, 11) is 0. The molecule has 0 bridgehead atoms. The molecule has 1 unspecified atom stereocenters. The number of Topliss-reactive ketones (excluding diaryl/α,β-unsaturated/α-hetero) is 1. The molecule has 1 atom stereocenters. The summed E-state index contributed by atoms with van der Waals surface area (Å²) in [6, 6.07) is 10.3. The zero-order valence-corrected chi connectivity index (χ0v) is 16.9. The van der Waals surface area contributed by atoms with Crippen molar-refractivity contribution >= 4 is 5.78 Å². The van der Waals surface area contributed by atoms with Crippen LogP contribution in [0.2, 0.25) is 0 Å². The van der Waals surface area contributed by atoms with Gasteiger partial charge in [0.25, 0.3) is 0 Å². The van der Waals surface area contributed by atoms with Gasteiger partial charge in [-0.05, 0) is 56.1 Å². The van der Waals surface area contributed by atoms with E-state index in [2.05, 4.69) is 4.90 Å². The third-order valence-electron chi connectivity index (χ3n) is 5.35. The maximum absolute atomic E-state index is 13.0. The number of alkyl halides is 3. The molecule has 1 aliphatic heterocycles. The van der Waals surface area contributed by atoms with Gasteiger partial charge in [0.15, 0.2) is 5.78 Å². The Kier molecular flexibility index (Phi) is 7.15. The number of hydrogen-bond donors (Lipinski definition) is 1. The molecule has 1 fully saturated rings. The summed E-state index contributed by atoms with van der Waals surface area (Å²) in [5.41, 5.74) is 1.02. The highest BCUT2D eigenvalue weighted by atomic mass is 19.4. The van der Waals surface area contributed by atoms with E-state index in [0.717, 1.165) is 30.7 Å². The predicted octanol–water partition coefficient (Wildman–Crippen LogP) is 4.69. The number of benzene rings is 2. The highest BCUT2D eigenvalue weighted by Crippen LogP contribution is 2.31. The molecule has 0 spiro atoms. The van der Waals surface area contributed by atoms with E-state index in [-0.39, 0.29) is 23.9 Å². The van der Waals surface area contributed by atoms with Crippen molar-refractivity contribution in [2.45, 2.75) is 39.1 Å². The number of carbonyl (C=O) groups is 1. The van der Waals surface area contributed by atoms with Crippen LogP contribution in [0.15, 0.2) is 42.5 Å². The highest BCUT2D eigenvalue weighted by molar-refractivity contribution is 5.98. The Morgan fingerprint density at radius 1 is 1.23 bits per heavy atom. The molecule has 1 saturated heterocycles. The van der Waals surface area contributed by atoms with Crippen molar-refractivity contribution < 1.29 is 27.8 Å². The molecule has 7 heteroatoms. The lowest BCUT2D eigenvalue weighted by Crippen LogP contribution is -2.38. The van der Waals surface area contributed by atoms with Crippen molar-refractivity contribution in [3.63, 3.8) is 0 Å². The van der Waals surface area contributed by atoms with Gasteiger partial charge in [0.1, 0.15) is 5.75 Å². The topological polar surface area (TPSA) is 49.8 Å². The van der Waals surface area contributed by atoms with Gasteiger partial charge in [-0.15, -0.1) is 0 Å². The van der Waals surface area contributed by atoms with Gasteiger partial charge in [-0.1, -0.05) is 18.2 Å². The number of aliphatic hydroxyl groups excluding tert-OH is 1. The molecule has 30 heavy (non-hydrogen) atoms. The molecule has 1 N–H and O–H groups in total. The Morgan fingerprint density at radius 2 is 2.03 bits per heavy atom. The van der Waals surface area contributed by atoms with Crippen LogP contribution in [-0.2, 0) is 19.3 Å². The average Bonchev–Trinajstić information content (AvgIpc) is 2.74. The van der Waals surface area contributed by atoms with E-state index in [1.54, 1.807) is 0 Å². The van der Waals surface area contributed by atoms with Crippen molar-refractivity contribution in [1.29, 1.82) is 0 Å². The van der Waals surface area contributed by atoms with Crippen molar-refractivity contribution in [3.05, 3.63) is 64.7 Å². The monoisotopic (exact) mass is 421 g/mol. The van der Waals surface area contributed by atoms with E-state index < -0.39 is 11.7 Å². The zero-order chi connectivity index (χ0) is 21.7. The zero-order valence-electron chi connectivity index (χ0n) is 16.9. The lowest BCUT2D eigenvalue weighted by molar-refractivity contribution is -0.137. The van der Waals surface area contributed by atoms with Crippen molar-refractivity contribution in [1.82, 2.24) is 4.90 Å². The first-order chi connectivity index (χ1) is 14.3. The van der Waals surface area contributed by atoms with Gasteiger partial charge in [0, 0.05) is 30.1 Å². The molecule has 2 aromatic rings. The predicted molar refractivity (Wildman–Crippen MR) is 107 cm³/mol. The van der Waals surface area contributed by atoms with Crippen LogP contribution in [0.25, 0.3) is 0 Å². The maximum Gasteiger partial charge on any atom is 0.416 e. The fourth-order valence-corrected chi connectivity index (χ4v) is 3.91. The van der Waals surface area contributed by atoms with E-state index in [1.165, 1.54) is 12.1 Å². The van der Waals surface area contributed by atoms with Crippen molar-refractivity contribution in [2.24, 2.45) is 5.92 Å². The standard InChI is InChI=1S/C23H26F3NO3/c1-2-30-21-9-8-16(11-19(21)15-28)13-27-10-4-6-18(14-27)22(29)17-5-3-7-20(12-17)23(24,25)26/h3,5,7-9,11-12,18,28H,2,4,6,10,13-15H2,1H3. The van der Waals surface area contributed by atoms with Crippen LogP contribution < -0.4 is 4.74 Å². The molecule has 0 aromatic heterocycles. The van der Waals surface area contributed by atoms with E-state index in [9.17, 15) is 23.1 Å². The van der Waals surface area contributed by atoms with E-state index in [0.29, 0.717) is 37.4 Å². The van der Waals surface area contributed by atoms with Crippen LogP contribution in [0, 0.1) is 5.92 Å². The molecule has 0 radical (unpaired) electrons. The first-order valence-electron chi connectivity index (χ1n) is 10.1. The Hall–Kier alpha value is -2.38. The molecule has 162 valence electrons. The second-order valence-corrected chi connectivity index (χ2v) is 7.55. The SMILES string of the molecule is CCOc1ccc(CN2CCCC(C(=O)c3cccc(C(F)(F)F)c3)C2)cc1CO. The minimum atomic E-state index is -4.47. The minimum Gasteiger partial charge on any atom is -0.494 e. The molecular formula is C23H26F3NO3. The average molecular weight is 421 g/mol. The summed E-state index contributed by atoms with van der Waals surface area (Å²) < 4.78 is 44.4. The number of rotatable bonds is 7. The number of aliphatic hydroxyl groups is 1. The second kappa shape index (κ2) is 9.62. The summed E-state index contributed by atoms with van der Waals surface area (Å²) in [6.07, 6.45) is -3.00. The van der Waals surface area contributed by atoms with Crippen LogP contribution in [0.5, 0.6) is 5.75 Å². The normalized spacial score (nSPS) is 17.7. The quantitative estimate of drug-likeness (QED) is 0.659. The number of hydrogen-bond acceptors (Lipinski definition) is 4. The van der Waals surface area contributed by atoms with Crippen LogP contribution >= 0.6 is 0 Å². The third kappa shape index (κ3) is 5.40. The van der Waals surface area contributed by atoms with E-state index >= 15 is 0 Å². The molecule has 3 rings (SSSR count). The van der Waals surface area contributed by atoms with Gasteiger partial charge < -0.3 is 9.84 Å². The number of piperidine rings is 1. The maximum atomic E-state index is 13.0. The largest absolute Gasteiger partial charge is 0.494 e. The summed E-state index contributed by atoms with van der Waals surface area (Å²) in [5, 5.41) is 9.58. The van der Waals surface area contributed by atoms with Gasteiger partial charge in [-0.2, -0.15) is 13.2 Å². The number of carbonyl (C=O) groups excluding carboxylic acids is 1. The smallest absolute Gasteiger partial charge is 0.416 e. The van der Waals surface area contributed by atoms with E-state index in [1.807, 2.05) is 25.1 Å². The van der Waals surface area contributed by atoms with Crippen molar-refractivity contribution in [3.8, 4) is 5.75 Å². The summed E-state index contributed by atoms with van der Waals surface area (Å²) in [6.45, 7) is 4.18. The van der Waals surface area contributed by atoms with Gasteiger partial charge in [0.05, 0.1) is 18.8 Å². The molecular weight excluding hydrogens is 395 g/mol. The summed E-state index contributed by atoms with van der Waals surface area (Å²) >= 11 is 0. The first kappa shape index (κ1) is 22.3. The minimum absolute atomic E-state index is 0.111. The van der Waals surface area contributed by atoms with Crippen molar-refractivity contribution in [2.75, 3.05) is 19.7 Å². The third-order valence-corrected chi connectivity index (χ3v) is 5.35. The number of nitrogens with zero attached hydrogens (tertiary/aromatic N) is 1. The van der Waals surface area contributed by atoms with Gasteiger partial charge in [-0.25, -0.2) is 0 Å². The Labute approximate surface area is 174 Å². The Balaban J connectivity index is 1.69. The van der Waals surface area contributed by atoms with E-state index in [4.69, 9.17) is 4.74 Å². The molecule has 0 aliphatic carbocycles. The highest BCUT2D eigenvalue weighted by Gasteiger charge is 2.32. The van der Waals surface area contributed by atoms with Gasteiger partial charge >= 0.3 is 6.18 Å². The fourth-order valence-electron chi connectivity index (χ4n) is 3.91. The van der Waals surface area contributed by atoms with Gasteiger partial charge in [0.2, 0.25) is 0 Å². The van der Waals surface area contributed by atoms with Gasteiger partial charge in [-0.3, -0.25) is 9.69 Å². The molecule has 0 amide bonds. The summed E-state index contributed by atoms with van der Waals surface area (Å²) in [5.74, 6) is 0.0794.